The highest BCUT2D eigenvalue weighted by Gasteiger charge is 2.19. The minimum absolute atomic E-state index is 0.581. The second-order valence-corrected chi connectivity index (χ2v) is 4.77. The van der Waals surface area contributed by atoms with E-state index >= 15 is 0 Å². The number of hydrogen-bond donors (Lipinski definition) is 1. The van der Waals surface area contributed by atoms with Gasteiger partial charge in [-0.05, 0) is 30.4 Å². The number of nitrogens with one attached hydrogen (secondary N) is 1. The lowest BCUT2D eigenvalue weighted by molar-refractivity contribution is 0.326. The Morgan fingerprint density at radius 2 is 1.62 bits per heavy atom. The molecule has 1 rings (SSSR count). The summed E-state index contributed by atoms with van der Waals surface area (Å²) in [6.45, 7) is 9.24. The average molecular weight is 219 g/mol. The average Bonchev–Trinajstić information content (AvgIpc) is 2.35. The predicted octanol–water partition coefficient (Wildman–Crippen LogP) is 4.56. The summed E-state index contributed by atoms with van der Waals surface area (Å²) >= 11 is 0. The number of para-hydroxylation sites is 1. The van der Waals surface area contributed by atoms with E-state index < -0.39 is 0 Å². The Labute approximate surface area is 100 Å². The van der Waals surface area contributed by atoms with E-state index in [1.165, 1.54) is 18.5 Å². The molecule has 0 aliphatic rings. The van der Waals surface area contributed by atoms with Crippen molar-refractivity contribution in [2.24, 2.45) is 11.8 Å². The maximum absolute atomic E-state index is 3.64. The van der Waals surface area contributed by atoms with Crippen molar-refractivity contribution in [3.05, 3.63) is 30.3 Å². The van der Waals surface area contributed by atoms with Gasteiger partial charge in [0.25, 0.3) is 0 Å². The van der Waals surface area contributed by atoms with Crippen molar-refractivity contribution in [1.82, 2.24) is 0 Å². The quantitative estimate of drug-likeness (QED) is 0.739. The van der Waals surface area contributed by atoms with Crippen LogP contribution in [0, 0.1) is 11.8 Å². The van der Waals surface area contributed by atoms with E-state index in [9.17, 15) is 0 Å². The Kier molecular flexibility index (Phi) is 5.37. The zero-order valence-electron chi connectivity index (χ0n) is 11.0. The van der Waals surface area contributed by atoms with Crippen LogP contribution in [0.15, 0.2) is 30.3 Å². The van der Waals surface area contributed by atoms with Crippen LogP contribution in [0.25, 0.3) is 0 Å². The van der Waals surface area contributed by atoms with Gasteiger partial charge < -0.3 is 5.32 Å². The number of hydrogen-bond acceptors (Lipinski definition) is 1. The summed E-state index contributed by atoms with van der Waals surface area (Å²) in [6.07, 6.45) is 2.44. The summed E-state index contributed by atoms with van der Waals surface area (Å²) in [4.78, 5) is 0. The fraction of sp³-hybridized carbons (Fsp3) is 0.600. The first kappa shape index (κ1) is 13.1. The predicted molar refractivity (Wildman–Crippen MR) is 72.8 cm³/mol. The van der Waals surface area contributed by atoms with E-state index in [2.05, 4.69) is 63.3 Å². The number of benzene rings is 1. The molecule has 0 amide bonds. The lowest BCUT2D eigenvalue weighted by atomic mass is 9.86. The third-order valence-corrected chi connectivity index (χ3v) is 3.74. The normalized spacial score (nSPS) is 16.5. The molecule has 16 heavy (non-hydrogen) atoms. The Balaban J connectivity index is 2.62. The molecule has 0 aliphatic carbocycles. The Morgan fingerprint density at radius 1 is 1.00 bits per heavy atom. The van der Waals surface area contributed by atoms with Crippen LogP contribution >= 0.6 is 0 Å². The van der Waals surface area contributed by atoms with Crippen LogP contribution in [-0.4, -0.2) is 6.04 Å². The molecule has 1 N–H and O–H groups in total. The first-order chi connectivity index (χ1) is 7.69. The number of rotatable bonds is 6. The second-order valence-electron chi connectivity index (χ2n) is 4.77. The van der Waals surface area contributed by atoms with Crippen molar-refractivity contribution >= 4 is 5.69 Å². The van der Waals surface area contributed by atoms with Gasteiger partial charge in [0.2, 0.25) is 0 Å². The third-order valence-electron chi connectivity index (χ3n) is 3.74. The van der Waals surface area contributed by atoms with E-state index in [-0.39, 0.29) is 0 Å². The van der Waals surface area contributed by atoms with Gasteiger partial charge in [0.1, 0.15) is 0 Å². The molecule has 0 saturated carbocycles. The smallest absolute Gasteiger partial charge is 0.0342 e. The van der Waals surface area contributed by atoms with Gasteiger partial charge >= 0.3 is 0 Å². The van der Waals surface area contributed by atoms with E-state index in [4.69, 9.17) is 0 Å². The van der Waals surface area contributed by atoms with Gasteiger partial charge in [-0.15, -0.1) is 0 Å². The molecule has 1 nitrogen and oxygen atoms in total. The largest absolute Gasteiger partial charge is 0.382 e. The van der Waals surface area contributed by atoms with Crippen LogP contribution in [0.5, 0.6) is 0 Å². The molecule has 1 unspecified atom stereocenters. The summed E-state index contributed by atoms with van der Waals surface area (Å²) < 4.78 is 0. The van der Waals surface area contributed by atoms with E-state index in [0.717, 1.165) is 11.8 Å². The van der Waals surface area contributed by atoms with Crippen LogP contribution in [0.4, 0.5) is 5.69 Å². The van der Waals surface area contributed by atoms with Crippen molar-refractivity contribution < 1.29 is 0 Å². The van der Waals surface area contributed by atoms with Gasteiger partial charge in [0, 0.05) is 11.7 Å². The van der Waals surface area contributed by atoms with Crippen molar-refractivity contribution in [2.45, 2.75) is 46.6 Å². The maximum atomic E-state index is 3.64. The Hall–Kier alpha value is -0.980. The SMILES string of the molecule is CCC(Nc1ccccc1)[C@@H](C)[C@@H](C)CC. The highest BCUT2D eigenvalue weighted by Crippen LogP contribution is 2.23. The summed E-state index contributed by atoms with van der Waals surface area (Å²) in [6, 6.07) is 11.1. The molecule has 90 valence electrons. The van der Waals surface area contributed by atoms with Crippen LogP contribution < -0.4 is 5.32 Å². The molecular formula is C15H25N. The highest BCUT2D eigenvalue weighted by molar-refractivity contribution is 5.43. The molecular weight excluding hydrogens is 194 g/mol. The minimum Gasteiger partial charge on any atom is -0.382 e. The van der Waals surface area contributed by atoms with Crippen molar-refractivity contribution in [2.75, 3.05) is 5.32 Å². The molecule has 0 fully saturated rings. The van der Waals surface area contributed by atoms with E-state index in [1.807, 2.05) is 0 Å². The zero-order valence-corrected chi connectivity index (χ0v) is 11.0. The lowest BCUT2D eigenvalue weighted by Crippen LogP contribution is -2.30. The fourth-order valence-corrected chi connectivity index (χ4v) is 2.12. The monoisotopic (exact) mass is 219 g/mol. The van der Waals surface area contributed by atoms with Gasteiger partial charge in [-0.25, -0.2) is 0 Å². The van der Waals surface area contributed by atoms with Gasteiger partial charge in [-0.1, -0.05) is 52.3 Å². The molecule has 0 spiro atoms. The molecule has 0 saturated heterocycles. The third kappa shape index (κ3) is 3.55. The van der Waals surface area contributed by atoms with E-state index in [1.54, 1.807) is 0 Å². The van der Waals surface area contributed by atoms with Crippen LogP contribution in [0.1, 0.15) is 40.5 Å². The molecule has 0 heterocycles. The highest BCUT2D eigenvalue weighted by atomic mass is 14.9. The topological polar surface area (TPSA) is 12.0 Å². The zero-order chi connectivity index (χ0) is 12.0. The minimum atomic E-state index is 0.581. The van der Waals surface area contributed by atoms with Gasteiger partial charge in [0.15, 0.2) is 0 Å². The molecule has 0 aliphatic heterocycles. The summed E-state index contributed by atoms with van der Waals surface area (Å²) in [5.41, 5.74) is 1.24. The van der Waals surface area contributed by atoms with Crippen molar-refractivity contribution in [3.8, 4) is 0 Å². The Bertz CT molecular complexity index is 281. The molecule has 1 aromatic rings. The first-order valence-corrected chi connectivity index (χ1v) is 6.50. The summed E-state index contributed by atoms with van der Waals surface area (Å²) in [7, 11) is 0. The van der Waals surface area contributed by atoms with Crippen LogP contribution in [0.2, 0.25) is 0 Å². The molecule has 3 atom stereocenters. The maximum Gasteiger partial charge on any atom is 0.0342 e. The van der Waals surface area contributed by atoms with E-state index in [0.29, 0.717) is 6.04 Å². The van der Waals surface area contributed by atoms with Gasteiger partial charge in [-0.3, -0.25) is 0 Å². The van der Waals surface area contributed by atoms with Crippen molar-refractivity contribution in [3.63, 3.8) is 0 Å². The molecule has 1 heteroatoms. The second kappa shape index (κ2) is 6.57. The van der Waals surface area contributed by atoms with Crippen LogP contribution in [0.3, 0.4) is 0 Å². The summed E-state index contributed by atoms with van der Waals surface area (Å²) in [5, 5.41) is 3.64. The molecule has 0 bridgehead atoms. The van der Waals surface area contributed by atoms with Crippen LogP contribution in [-0.2, 0) is 0 Å². The number of anilines is 1. The first-order valence-electron chi connectivity index (χ1n) is 6.50. The van der Waals surface area contributed by atoms with Crippen molar-refractivity contribution in [1.29, 1.82) is 0 Å². The Morgan fingerprint density at radius 3 is 2.12 bits per heavy atom. The standard InChI is InChI=1S/C15H25N/c1-5-12(3)13(4)15(6-2)16-14-10-8-7-9-11-14/h7-13,15-16H,5-6H2,1-4H3/t12-,13-,15?/m0/s1. The van der Waals surface area contributed by atoms with Gasteiger partial charge in [-0.2, -0.15) is 0 Å². The molecule has 0 radical (unpaired) electrons. The molecule has 0 aromatic heterocycles. The molecule has 1 aromatic carbocycles. The fourth-order valence-electron chi connectivity index (χ4n) is 2.12. The van der Waals surface area contributed by atoms with Gasteiger partial charge in [0.05, 0.1) is 0 Å². The summed E-state index contributed by atoms with van der Waals surface area (Å²) in [5.74, 6) is 1.50. The lowest BCUT2D eigenvalue weighted by Gasteiger charge is -2.29.